The van der Waals surface area contributed by atoms with Gasteiger partial charge in [-0.25, -0.2) is 0 Å². The van der Waals surface area contributed by atoms with Crippen LogP contribution in [0.1, 0.15) is 12.5 Å². The predicted octanol–water partition coefficient (Wildman–Crippen LogP) is 1.17. The van der Waals surface area contributed by atoms with Crippen LogP contribution < -0.4 is 20.5 Å². The molecule has 0 aliphatic carbocycles. The van der Waals surface area contributed by atoms with Crippen molar-refractivity contribution in [1.29, 1.82) is 0 Å². The lowest BCUT2D eigenvalue weighted by Gasteiger charge is -2.09. The van der Waals surface area contributed by atoms with E-state index in [1.165, 1.54) is 0 Å². The van der Waals surface area contributed by atoms with Crippen LogP contribution >= 0.6 is 0 Å². The predicted molar refractivity (Wildman–Crippen MR) is 81.2 cm³/mol. The van der Waals surface area contributed by atoms with Gasteiger partial charge in [0.25, 0.3) is 0 Å². The van der Waals surface area contributed by atoms with E-state index in [4.69, 9.17) is 15.2 Å². The van der Waals surface area contributed by atoms with Crippen molar-refractivity contribution in [3.8, 4) is 23.3 Å². The summed E-state index contributed by atoms with van der Waals surface area (Å²) in [6.07, 6.45) is 0.780. The fraction of sp³-hybridized carbons (Fsp3) is 0.400. The van der Waals surface area contributed by atoms with E-state index in [0.29, 0.717) is 19.0 Å². The molecule has 0 radical (unpaired) electrons. The SMILES string of the molecule is CC#CCNC(N)=NCCc1ccc(OC)c(OC)c1. The minimum Gasteiger partial charge on any atom is -0.493 e. The van der Waals surface area contributed by atoms with Gasteiger partial charge in [-0.1, -0.05) is 12.0 Å². The van der Waals surface area contributed by atoms with Gasteiger partial charge in [0.15, 0.2) is 17.5 Å². The minimum atomic E-state index is 0.410. The van der Waals surface area contributed by atoms with Crippen molar-refractivity contribution >= 4 is 5.96 Å². The molecule has 1 rings (SSSR count). The Labute approximate surface area is 120 Å². The van der Waals surface area contributed by atoms with Crippen LogP contribution in [0.3, 0.4) is 0 Å². The molecule has 0 aliphatic heterocycles. The van der Waals surface area contributed by atoms with Crippen LogP contribution in [0.25, 0.3) is 0 Å². The molecule has 0 unspecified atom stereocenters. The molecule has 3 N–H and O–H groups in total. The number of rotatable bonds is 6. The summed E-state index contributed by atoms with van der Waals surface area (Å²) in [5.74, 6) is 7.49. The van der Waals surface area contributed by atoms with E-state index < -0.39 is 0 Å². The fourth-order valence-electron chi connectivity index (χ4n) is 1.62. The van der Waals surface area contributed by atoms with E-state index >= 15 is 0 Å². The van der Waals surface area contributed by atoms with Crippen molar-refractivity contribution in [2.24, 2.45) is 10.7 Å². The van der Waals surface area contributed by atoms with Crippen LogP contribution in [0, 0.1) is 11.8 Å². The molecule has 0 fully saturated rings. The number of methoxy groups -OCH3 is 2. The highest BCUT2D eigenvalue weighted by Gasteiger charge is 2.04. The molecule has 1 aromatic carbocycles. The topological polar surface area (TPSA) is 68.9 Å². The van der Waals surface area contributed by atoms with Gasteiger partial charge in [0.1, 0.15) is 0 Å². The van der Waals surface area contributed by atoms with Crippen molar-refractivity contribution in [2.45, 2.75) is 13.3 Å². The molecule has 0 atom stereocenters. The summed E-state index contributed by atoms with van der Waals surface area (Å²) < 4.78 is 10.5. The summed E-state index contributed by atoms with van der Waals surface area (Å²) in [7, 11) is 3.24. The second-order valence-corrected chi connectivity index (χ2v) is 3.99. The second-order valence-electron chi connectivity index (χ2n) is 3.99. The first-order valence-corrected chi connectivity index (χ1v) is 6.35. The van der Waals surface area contributed by atoms with Gasteiger partial charge in [0.05, 0.1) is 20.8 Å². The normalized spacial score (nSPS) is 10.4. The lowest BCUT2D eigenvalue weighted by atomic mass is 10.1. The Bertz CT molecular complexity index is 516. The maximum atomic E-state index is 5.71. The number of nitrogens with zero attached hydrogens (tertiary/aromatic N) is 1. The number of benzene rings is 1. The molecule has 5 nitrogen and oxygen atoms in total. The fourth-order valence-corrected chi connectivity index (χ4v) is 1.62. The lowest BCUT2D eigenvalue weighted by molar-refractivity contribution is 0.354. The summed E-state index contributed by atoms with van der Waals surface area (Å²) in [5, 5.41) is 2.92. The Hall–Kier alpha value is -2.35. The molecule has 0 aromatic heterocycles. The molecule has 0 amide bonds. The summed E-state index contributed by atoms with van der Waals surface area (Å²) in [6.45, 7) is 2.90. The summed E-state index contributed by atoms with van der Waals surface area (Å²) >= 11 is 0. The third-order valence-electron chi connectivity index (χ3n) is 2.67. The first kappa shape index (κ1) is 15.7. The number of hydrogen-bond acceptors (Lipinski definition) is 3. The summed E-state index contributed by atoms with van der Waals surface area (Å²) in [4.78, 5) is 4.23. The zero-order valence-electron chi connectivity index (χ0n) is 12.2. The highest BCUT2D eigenvalue weighted by Crippen LogP contribution is 2.27. The van der Waals surface area contributed by atoms with Crippen molar-refractivity contribution in [2.75, 3.05) is 27.3 Å². The Kier molecular flexibility index (Phi) is 6.83. The Balaban J connectivity index is 2.52. The van der Waals surface area contributed by atoms with E-state index in [2.05, 4.69) is 22.2 Å². The van der Waals surface area contributed by atoms with Crippen molar-refractivity contribution in [1.82, 2.24) is 5.32 Å². The number of guanidine groups is 1. The van der Waals surface area contributed by atoms with Gasteiger partial charge in [-0.05, 0) is 31.0 Å². The Morgan fingerprint density at radius 3 is 2.70 bits per heavy atom. The molecule has 108 valence electrons. The summed E-state index contributed by atoms with van der Waals surface area (Å²) in [6, 6.07) is 5.82. The molecular weight excluding hydrogens is 254 g/mol. The number of nitrogens with one attached hydrogen (secondary N) is 1. The zero-order chi connectivity index (χ0) is 14.8. The minimum absolute atomic E-state index is 0.410. The number of aliphatic imine (C=N–C) groups is 1. The van der Waals surface area contributed by atoms with E-state index in [1.807, 2.05) is 18.2 Å². The van der Waals surface area contributed by atoms with E-state index in [1.54, 1.807) is 21.1 Å². The molecule has 0 heterocycles. The maximum Gasteiger partial charge on any atom is 0.189 e. The van der Waals surface area contributed by atoms with Gasteiger partial charge >= 0.3 is 0 Å². The standard InChI is InChI=1S/C15H21N3O2/c1-4-5-9-17-15(16)18-10-8-12-6-7-13(19-2)14(11-12)20-3/h6-7,11H,8-10H2,1-3H3,(H3,16,17,18). The third-order valence-corrected chi connectivity index (χ3v) is 2.67. The number of nitrogens with two attached hydrogens (primary N) is 1. The van der Waals surface area contributed by atoms with E-state index in [-0.39, 0.29) is 0 Å². The number of ether oxygens (including phenoxy) is 2. The highest BCUT2D eigenvalue weighted by molar-refractivity contribution is 5.78. The third kappa shape index (κ3) is 5.11. The Morgan fingerprint density at radius 2 is 2.05 bits per heavy atom. The van der Waals surface area contributed by atoms with Gasteiger partial charge in [0.2, 0.25) is 0 Å². The molecule has 1 aromatic rings. The van der Waals surface area contributed by atoms with Crippen molar-refractivity contribution in [3.63, 3.8) is 0 Å². The van der Waals surface area contributed by atoms with Crippen LogP contribution in [0.4, 0.5) is 0 Å². The van der Waals surface area contributed by atoms with Gasteiger partial charge in [0, 0.05) is 6.54 Å². The molecular formula is C15H21N3O2. The van der Waals surface area contributed by atoms with Crippen LogP contribution in [-0.4, -0.2) is 33.3 Å². The van der Waals surface area contributed by atoms with Crippen LogP contribution in [0.15, 0.2) is 23.2 Å². The summed E-state index contributed by atoms with van der Waals surface area (Å²) in [5.41, 5.74) is 6.82. The monoisotopic (exact) mass is 275 g/mol. The van der Waals surface area contributed by atoms with Crippen LogP contribution in [0.5, 0.6) is 11.5 Å². The van der Waals surface area contributed by atoms with Crippen molar-refractivity contribution in [3.05, 3.63) is 23.8 Å². The molecule has 0 aliphatic rings. The second kappa shape index (κ2) is 8.70. The van der Waals surface area contributed by atoms with Crippen LogP contribution in [0.2, 0.25) is 0 Å². The molecule has 0 saturated heterocycles. The van der Waals surface area contributed by atoms with E-state index in [9.17, 15) is 0 Å². The largest absolute Gasteiger partial charge is 0.493 e. The smallest absolute Gasteiger partial charge is 0.189 e. The first-order chi connectivity index (χ1) is 9.71. The maximum absolute atomic E-state index is 5.71. The quantitative estimate of drug-likeness (QED) is 0.464. The zero-order valence-corrected chi connectivity index (χ0v) is 12.2. The molecule has 0 bridgehead atoms. The van der Waals surface area contributed by atoms with Gasteiger partial charge in [-0.2, -0.15) is 0 Å². The molecule has 0 saturated carbocycles. The first-order valence-electron chi connectivity index (χ1n) is 6.35. The van der Waals surface area contributed by atoms with Crippen molar-refractivity contribution < 1.29 is 9.47 Å². The van der Waals surface area contributed by atoms with Crippen LogP contribution in [-0.2, 0) is 6.42 Å². The highest BCUT2D eigenvalue weighted by atomic mass is 16.5. The molecule has 0 spiro atoms. The average molecular weight is 275 g/mol. The average Bonchev–Trinajstić information content (AvgIpc) is 2.47. The van der Waals surface area contributed by atoms with Gasteiger partial charge < -0.3 is 20.5 Å². The van der Waals surface area contributed by atoms with Gasteiger partial charge in [-0.3, -0.25) is 4.99 Å². The Morgan fingerprint density at radius 1 is 1.30 bits per heavy atom. The molecule has 5 heteroatoms. The lowest BCUT2D eigenvalue weighted by Crippen LogP contribution is -2.32. The number of hydrogen-bond donors (Lipinski definition) is 2. The molecule has 20 heavy (non-hydrogen) atoms. The van der Waals surface area contributed by atoms with Gasteiger partial charge in [-0.15, -0.1) is 5.92 Å². The van der Waals surface area contributed by atoms with E-state index in [0.717, 1.165) is 23.5 Å².